The van der Waals surface area contributed by atoms with Crippen molar-refractivity contribution in [1.82, 2.24) is 28.1 Å². The lowest BCUT2D eigenvalue weighted by Gasteiger charge is -2.32. The number of esters is 2. The molecule has 27 heteroatoms. The van der Waals surface area contributed by atoms with Gasteiger partial charge in [-0.25, -0.2) is 19.6 Å². The number of nitrogens with zero attached hydrogens (tertiary/aromatic N) is 6. The lowest BCUT2D eigenvalue weighted by Crippen LogP contribution is -2.41. The number of fused-ring (bicyclic) bond motifs is 4. The van der Waals surface area contributed by atoms with E-state index in [2.05, 4.69) is 124 Å². The van der Waals surface area contributed by atoms with Gasteiger partial charge >= 0.3 is 26.2 Å². The van der Waals surface area contributed by atoms with E-state index in [-0.39, 0.29) is 28.8 Å². The minimum absolute atomic E-state index is 0.192. The van der Waals surface area contributed by atoms with Gasteiger partial charge in [0, 0.05) is 40.3 Å². The maximum atomic E-state index is 11.8. The Labute approximate surface area is 621 Å². The molecule has 0 saturated carbocycles. The summed E-state index contributed by atoms with van der Waals surface area (Å²) in [7, 11) is -1.95. The molecule has 0 bridgehead atoms. The Morgan fingerprint density at radius 1 is 0.535 bits per heavy atom. The van der Waals surface area contributed by atoms with Gasteiger partial charge in [0.2, 0.25) is 13.9 Å². The monoisotopic (exact) mass is 1570 g/mol. The molecular weight excluding hydrogens is 1490 g/mol. The molecule has 2 saturated heterocycles. The highest BCUT2D eigenvalue weighted by Crippen LogP contribution is 2.38. The van der Waals surface area contributed by atoms with Crippen LogP contribution in [0.3, 0.4) is 0 Å². The molecule has 6 aromatic carbocycles. The zero-order valence-corrected chi connectivity index (χ0v) is 64.8. The maximum absolute atomic E-state index is 11.8. The fourth-order valence-electron chi connectivity index (χ4n) is 10.3. The molecule has 9 heterocycles. The number of aromatic nitrogens is 6. The summed E-state index contributed by atoms with van der Waals surface area (Å²) in [6, 6.07) is 38.4. The topological polar surface area (TPSA) is 251 Å². The SMILES string of the molecule is C1CCOC1.CCOC(=O)c1ccc(-c2nsc(-c3cc4c(C)ccc(C)c4o3)n2)cc1.CCOC(=O)c1ccc(B2OC(C)(C)C(C)(C)O2)cc1.Cc1ccc(C)c2oc(-c3nc(Br)ns3)cc12.Cc1ccc(C)c2oc(B(O)O)cc12.Cc1ccc(C)c2occc12.Clc1nc(Br)ns1. The van der Waals surface area contributed by atoms with Gasteiger partial charge in [-0.3, -0.25) is 0 Å². The van der Waals surface area contributed by atoms with Crippen LogP contribution in [-0.2, 0) is 23.5 Å². The molecule has 0 atom stereocenters. The second kappa shape index (κ2) is 35.0. The molecule has 15 rings (SSSR count). The van der Waals surface area contributed by atoms with Crippen LogP contribution in [0.2, 0.25) is 4.47 Å². The average Bonchev–Trinajstić information content (AvgIpc) is 1.65. The molecule has 2 N–H and O–H groups in total. The van der Waals surface area contributed by atoms with Crippen LogP contribution in [0.4, 0.5) is 0 Å². The van der Waals surface area contributed by atoms with Gasteiger partial charge in [-0.05, 0) is 286 Å². The minimum atomic E-state index is -1.54. The fraction of sp³-hybridized carbons (Fsp3) is 0.297. The lowest BCUT2D eigenvalue weighted by atomic mass is 9.79. The maximum Gasteiger partial charge on any atom is 0.526 e. The summed E-state index contributed by atoms with van der Waals surface area (Å²) in [4.78, 5) is 35.9. The quantitative estimate of drug-likeness (QED) is 0.101. The van der Waals surface area contributed by atoms with Crippen molar-refractivity contribution in [3.8, 4) is 32.9 Å². The van der Waals surface area contributed by atoms with Crippen molar-refractivity contribution in [3.05, 3.63) is 197 Å². The zero-order valence-electron chi connectivity index (χ0n) is 58.4. The highest BCUT2D eigenvalue weighted by atomic mass is 79.9. The van der Waals surface area contributed by atoms with Crippen molar-refractivity contribution in [3.63, 3.8) is 0 Å². The summed E-state index contributed by atoms with van der Waals surface area (Å²) in [6.07, 6.45) is 4.30. The van der Waals surface area contributed by atoms with Crippen LogP contribution in [0.15, 0.2) is 155 Å². The summed E-state index contributed by atoms with van der Waals surface area (Å²) in [5, 5.41) is 23.9. The predicted molar refractivity (Wildman–Crippen MR) is 410 cm³/mol. The van der Waals surface area contributed by atoms with Gasteiger partial charge in [0.25, 0.3) is 0 Å². The normalized spacial score (nSPS) is 13.3. The molecule has 2 aliphatic heterocycles. The number of ether oxygens (including phenoxy) is 3. The molecule has 13 aromatic rings. The highest BCUT2D eigenvalue weighted by molar-refractivity contribution is 9.10. The first-order valence-electron chi connectivity index (χ1n) is 32.4. The number of rotatable bonds is 9. The molecule has 101 heavy (non-hydrogen) atoms. The van der Waals surface area contributed by atoms with Crippen LogP contribution in [-0.4, -0.2) is 102 Å². The highest BCUT2D eigenvalue weighted by Gasteiger charge is 2.51. The van der Waals surface area contributed by atoms with Crippen molar-refractivity contribution < 1.29 is 60.8 Å². The first-order valence-corrected chi connectivity index (χ1v) is 36.7. The second-order valence-electron chi connectivity index (χ2n) is 24.6. The smallest absolute Gasteiger partial charge is 0.464 e. The van der Waals surface area contributed by atoms with Gasteiger partial charge in [0.15, 0.2) is 27.4 Å². The Bertz CT molecular complexity index is 4750. The number of furan rings is 4. The molecule has 19 nitrogen and oxygen atoms in total. The molecule has 0 unspecified atom stereocenters. The van der Waals surface area contributed by atoms with Crippen molar-refractivity contribution >= 4 is 159 Å². The molecular formula is C74H77B2Br2ClN6O13S3. The van der Waals surface area contributed by atoms with E-state index < -0.39 is 14.2 Å². The predicted octanol–water partition coefficient (Wildman–Crippen LogP) is 18.4. The number of hydrogen-bond donors (Lipinski definition) is 2. The molecule has 526 valence electrons. The van der Waals surface area contributed by atoms with E-state index in [0.29, 0.717) is 49.9 Å². The summed E-state index contributed by atoms with van der Waals surface area (Å²) >= 11 is 15.4. The Balaban J connectivity index is 0.000000144. The number of hydrogen-bond acceptors (Lipinski definition) is 22. The molecule has 7 aromatic heterocycles. The van der Waals surface area contributed by atoms with Crippen molar-refractivity contribution in [1.29, 1.82) is 0 Å². The van der Waals surface area contributed by atoms with E-state index in [9.17, 15) is 9.59 Å². The standard InChI is InChI=1S/C21H18N2O3S.C15H21BO4.C12H9BrN2OS.C10H11BO3.C10H10O.C4H8O.C2BrClN2S/c1-4-25-21(24)15-9-7-14(8-10-15)19-22-20(27-23-19)17-11-16-12(2)5-6-13(3)18(16)26-17;1-6-18-13(17)11-7-9-12(10-8-11)16-19-14(2,3)15(4,5)20-16;1-6-3-4-7(2)10-8(6)5-9(16-10)11-14-12(13)15-17-11;1-6-3-4-7(2)10-8(6)5-9(14-10)11(12)13;1-7-3-4-8(2)10-9(7)5-6-11-10;1-2-4-5-3-1;3-1-5-2(4)7-6-1/h5-11H,4H2,1-3H3;7-10H,6H2,1-5H3;3-5H,1-2H3;3-5,12-13H,1-2H3;3-6H,1-2H3;1-4H2;. The first kappa shape index (κ1) is 77.4. The minimum Gasteiger partial charge on any atom is -0.464 e. The largest absolute Gasteiger partial charge is 0.526 e. The number of halogens is 3. The van der Waals surface area contributed by atoms with Crippen LogP contribution in [0, 0.1) is 55.4 Å². The van der Waals surface area contributed by atoms with E-state index in [4.69, 9.17) is 62.8 Å². The average molecular weight is 1570 g/mol. The number of carbonyl (C=O) groups is 2. The van der Waals surface area contributed by atoms with Gasteiger partial charge in [0.05, 0.1) is 41.8 Å². The van der Waals surface area contributed by atoms with Crippen LogP contribution < -0.4 is 11.1 Å². The van der Waals surface area contributed by atoms with Crippen LogP contribution >= 0.6 is 78.1 Å². The van der Waals surface area contributed by atoms with E-state index in [1.54, 1.807) is 50.4 Å². The zero-order chi connectivity index (χ0) is 72.9. The molecule has 0 spiro atoms. The summed E-state index contributed by atoms with van der Waals surface area (Å²) in [5.74, 6) is 1.46. The Kier molecular flexibility index (Phi) is 26.8. The summed E-state index contributed by atoms with van der Waals surface area (Å²) in [5.41, 5.74) is 15.0. The molecule has 2 fully saturated rings. The number of aryl methyl sites for hydroxylation is 8. The number of carbonyl (C=O) groups excluding carboxylic acids is 2. The second-order valence-corrected chi connectivity index (χ2v) is 28.8. The van der Waals surface area contributed by atoms with Gasteiger partial charge in [0.1, 0.15) is 28.0 Å². The Morgan fingerprint density at radius 2 is 0.960 bits per heavy atom. The fourth-order valence-corrected chi connectivity index (χ4v) is 13.0. The van der Waals surface area contributed by atoms with Gasteiger partial charge in [-0.15, -0.1) is 0 Å². The third-order valence-corrected chi connectivity index (χ3v) is 20.1. The van der Waals surface area contributed by atoms with Crippen LogP contribution in [0.25, 0.3) is 76.8 Å². The lowest BCUT2D eigenvalue weighted by molar-refractivity contribution is 0.00578. The van der Waals surface area contributed by atoms with E-state index in [0.717, 1.165) is 112 Å². The van der Waals surface area contributed by atoms with E-state index >= 15 is 0 Å². The van der Waals surface area contributed by atoms with Crippen LogP contribution in [0.5, 0.6) is 0 Å². The van der Waals surface area contributed by atoms with Gasteiger partial charge < -0.3 is 51.2 Å². The van der Waals surface area contributed by atoms with Gasteiger partial charge in [-0.2, -0.15) is 18.1 Å². The van der Waals surface area contributed by atoms with E-state index in [1.807, 2.05) is 110 Å². The summed E-state index contributed by atoms with van der Waals surface area (Å²) < 4.78 is 63.3. The number of benzene rings is 6. The third kappa shape index (κ3) is 19.7. The third-order valence-electron chi connectivity index (χ3n) is 16.7. The first-order chi connectivity index (χ1) is 48.1. The van der Waals surface area contributed by atoms with Crippen LogP contribution in [0.1, 0.15) is 120 Å². The summed E-state index contributed by atoms with van der Waals surface area (Å²) in [6.45, 7) is 30.6. The van der Waals surface area contributed by atoms with Gasteiger partial charge in [-0.1, -0.05) is 72.8 Å². The molecule has 2 aliphatic rings. The molecule has 0 aliphatic carbocycles. The Morgan fingerprint density at radius 3 is 1.36 bits per heavy atom. The van der Waals surface area contributed by atoms with Crippen molar-refractivity contribution in [2.45, 2.75) is 121 Å². The van der Waals surface area contributed by atoms with Crippen molar-refractivity contribution in [2.75, 3.05) is 26.4 Å². The van der Waals surface area contributed by atoms with Crippen molar-refractivity contribution in [2.24, 2.45) is 0 Å². The molecule has 0 radical (unpaired) electrons. The van der Waals surface area contributed by atoms with E-state index in [1.165, 1.54) is 63.5 Å². The Hall–Kier alpha value is -7.72. The molecule has 0 amide bonds.